The van der Waals surface area contributed by atoms with Crippen LogP contribution in [0.3, 0.4) is 0 Å². The van der Waals surface area contributed by atoms with Crippen LogP contribution in [0.2, 0.25) is 5.02 Å². The van der Waals surface area contributed by atoms with Crippen molar-refractivity contribution in [3.05, 3.63) is 147 Å². The number of anilines is 1. The summed E-state index contributed by atoms with van der Waals surface area (Å²) in [5.41, 5.74) is 6.48. The minimum Gasteiger partial charge on any atom is -0.488 e. The van der Waals surface area contributed by atoms with Crippen molar-refractivity contribution in [2.75, 3.05) is 25.0 Å². The maximum Gasteiger partial charge on any atom is 0.264 e. The number of benzene rings is 5. The fourth-order valence-corrected chi connectivity index (χ4v) is 9.49. The van der Waals surface area contributed by atoms with E-state index in [1.165, 1.54) is 18.2 Å². The number of amides is 7. The number of piperidine rings is 2. The van der Waals surface area contributed by atoms with Crippen LogP contribution < -0.4 is 30.7 Å². The van der Waals surface area contributed by atoms with E-state index in [1.807, 2.05) is 48.5 Å². The number of imide groups is 2. The van der Waals surface area contributed by atoms with Gasteiger partial charge in [-0.05, 0) is 97.3 Å². The van der Waals surface area contributed by atoms with E-state index in [4.69, 9.17) is 21.1 Å². The van der Waals surface area contributed by atoms with Gasteiger partial charge in [-0.15, -0.1) is 0 Å². The highest BCUT2D eigenvalue weighted by atomic mass is 35.5. The Morgan fingerprint density at radius 3 is 2.33 bits per heavy atom. The van der Waals surface area contributed by atoms with Crippen LogP contribution in [-0.2, 0) is 43.7 Å². The molecule has 8 rings (SSSR count). The van der Waals surface area contributed by atoms with Gasteiger partial charge >= 0.3 is 0 Å². The topological polar surface area (TPSA) is 216 Å². The Morgan fingerprint density at radius 1 is 0.778 bits per heavy atom. The molecule has 2 fully saturated rings. The number of nitrogens with one attached hydrogen (secondary N) is 4. The van der Waals surface area contributed by atoms with Crippen LogP contribution in [0.5, 0.6) is 11.5 Å². The Kier molecular flexibility index (Phi) is 16.4. The van der Waals surface area contributed by atoms with Crippen molar-refractivity contribution in [1.29, 1.82) is 5.26 Å². The minimum absolute atomic E-state index is 0.00420. The number of rotatable bonds is 19. The number of fused-ring (bicyclic) bond motifs is 1. The molecule has 0 spiro atoms. The van der Waals surface area contributed by atoms with Crippen molar-refractivity contribution in [1.82, 2.24) is 25.8 Å². The fraction of sp³-hybridized carbons (Fsp3) is 0.309. The van der Waals surface area contributed by atoms with E-state index >= 15 is 0 Å². The molecule has 2 unspecified atom stereocenters. The molecule has 5 aromatic rings. The third-order valence-corrected chi connectivity index (χ3v) is 13.4. The lowest BCUT2D eigenvalue weighted by Gasteiger charge is -2.35. The third kappa shape index (κ3) is 12.0. The molecule has 0 aromatic heterocycles. The van der Waals surface area contributed by atoms with Crippen molar-refractivity contribution in [2.45, 2.75) is 90.1 Å². The summed E-state index contributed by atoms with van der Waals surface area (Å²) in [6.45, 7) is 4.11. The average Bonchev–Trinajstić information content (AvgIpc) is 3.64. The van der Waals surface area contributed by atoms with Gasteiger partial charge in [-0.25, -0.2) is 0 Å². The maximum absolute atomic E-state index is 13.7. The van der Waals surface area contributed by atoms with E-state index < -0.39 is 41.6 Å². The zero-order valence-electron chi connectivity index (χ0n) is 39.8. The monoisotopic (exact) mass is 991 g/mol. The Hall–Kier alpha value is -7.87. The van der Waals surface area contributed by atoms with Gasteiger partial charge in [0.1, 0.15) is 30.8 Å². The first-order valence-electron chi connectivity index (χ1n) is 24.0. The molecule has 7 amide bonds. The molecule has 16 nitrogen and oxygen atoms in total. The van der Waals surface area contributed by atoms with Crippen molar-refractivity contribution in [3.8, 4) is 28.7 Å². The Balaban J connectivity index is 0.833. The molecule has 3 aliphatic heterocycles. The van der Waals surface area contributed by atoms with Crippen molar-refractivity contribution in [3.63, 3.8) is 0 Å². The van der Waals surface area contributed by atoms with Crippen LogP contribution in [0.25, 0.3) is 11.1 Å². The first-order chi connectivity index (χ1) is 34.9. The summed E-state index contributed by atoms with van der Waals surface area (Å²) in [7, 11) is 0. The van der Waals surface area contributed by atoms with Gasteiger partial charge in [0.15, 0.2) is 0 Å². The highest BCUT2D eigenvalue weighted by Crippen LogP contribution is 2.37. The van der Waals surface area contributed by atoms with Gasteiger partial charge in [0.2, 0.25) is 29.5 Å². The van der Waals surface area contributed by atoms with Crippen LogP contribution >= 0.6 is 11.6 Å². The highest BCUT2D eigenvalue weighted by Gasteiger charge is 2.45. The van der Waals surface area contributed by atoms with Gasteiger partial charge in [0.05, 0.1) is 39.5 Å². The first kappa shape index (κ1) is 50.5. The van der Waals surface area contributed by atoms with E-state index in [0.29, 0.717) is 54.6 Å². The number of halogens is 1. The second kappa shape index (κ2) is 23.4. The maximum atomic E-state index is 13.7. The number of ether oxygens (including phenoxy) is 2. The predicted octanol–water partition coefficient (Wildman–Crippen LogP) is 7.14. The van der Waals surface area contributed by atoms with Gasteiger partial charge < -0.3 is 25.4 Å². The van der Waals surface area contributed by atoms with Gasteiger partial charge in [-0.2, -0.15) is 5.26 Å². The SMILES string of the molecule is Cc1c(COc2cc(OCc3cccc(C#N)c3)c(CN3CCCCC3C(=O)NCCCNC(=O)CCC(=O)Nc3cccc4c3C(=O)N(C3CCC(=O)NC3=O)C4=O)cc2Cl)cccc1-c1ccccc1. The number of likely N-dealkylation sites (tertiary alicyclic amines) is 1. The van der Waals surface area contributed by atoms with Crippen molar-refractivity contribution >= 4 is 58.6 Å². The number of nitrogens with zero attached hydrogens (tertiary/aromatic N) is 3. The lowest BCUT2D eigenvalue weighted by Crippen LogP contribution is -2.54. The van der Waals surface area contributed by atoms with Crippen molar-refractivity contribution in [2.24, 2.45) is 0 Å². The summed E-state index contributed by atoms with van der Waals surface area (Å²) in [6, 6.07) is 32.1. The Morgan fingerprint density at radius 2 is 1.53 bits per heavy atom. The molecule has 5 aromatic carbocycles. The predicted molar refractivity (Wildman–Crippen MR) is 268 cm³/mol. The molecular weight excluding hydrogens is 938 g/mol. The first-order valence-corrected chi connectivity index (χ1v) is 24.4. The summed E-state index contributed by atoms with van der Waals surface area (Å²) in [6.07, 6.45) is 2.45. The lowest BCUT2D eigenvalue weighted by molar-refractivity contribution is -0.136. The molecule has 0 aliphatic carbocycles. The Bertz CT molecular complexity index is 2960. The summed E-state index contributed by atoms with van der Waals surface area (Å²) < 4.78 is 12.8. The molecule has 3 aliphatic rings. The summed E-state index contributed by atoms with van der Waals surface area (Å²) in [4.78, 5) is 93.0. The standard InChI is InChI=1S/C55H54ClN7O9/c1-34-38(15-8-16-40(34)37-13-3-2-4-14-37)33-72-47-29-46(71-32-36-12-7-11-35(27-36)30-57)39(28-42(47)56)31-62-26-6-5-19-44(62)52(67)59-25-10-24-58-48(64)22-23-49(65)60-43-18-9-17-41-51(43)55(70)63(54(41)69)45-20-21-50(66)61-53(45)68/h2-4,7-9,11-18,27-29,44-45H,5-6,10,19-26,31-33H2,1H3,(H,58,64)(H,59,67)(H,60,65)(H,61,66,68). The third-order valence-electron chi connectivity index (χ3n) is 13.1. The molecule has 2 atom stereocenters. The zero-order chi connectivity index (χ0) is 50.7. The Labute approximate surface area is 422 Å². The van der Waals surface area contributed by atoms with E-state index in [2.05, 4.69) is 57.4 Å². The smallest absolute Gasteiger partial charge is 0.264 e. The molecule has 4 N–H and O–H groups in total. The lowest BCUT2D eigenvalue weighted by atomic mass is 9.97. The second-order valence-corrected chi connectivity index (χ2v) is 18.3. The normalized spacial score (nSPS) is 16.6. The molecule has 0 saturated carbocycles. The fourth-order valence-electron chi connectivity index (χ4n) is 9.25. The summed E-state index contributed by atoms with van der Waals surface area (Å²) in [5.74, 6) is -2.79. The summed E-state index contributed by atoms with van der Waals surface area (Å²) >= 11 is 6.95. The van der Waals surface area contributed by atoms with Crippen LogP contribution in [0.4, 0.5) is 5.69 Å². The van der Waals surface area contributed by atoms with Crippen LogP contribution in [-0.4, -0.2) is 82.9 Å². The number of hydrogen-bond donors (Lipinski definition) is 4. The number of nitriles is 1. The molecule has 370 valence electrons. The minimum atomic E-state index is -1.15. The molecule has 17 heteroatoms. The molecule has 0 bridgehead atoms. The van der Waals surface area contributed by atoms with Gasteiger partial charge in [-0.1, -0.05) is 84.8 Å². The molecule has 3 heterocycles. The second-order valence-electron chi connectivity index (χ2n) is 17.9. The van der Waals surface area contributed by atoms with E-state index in [0.717, 1.165) is 51.1 Å². The summed E-state index contributed by atoms with van der Waals surface area (Å²) in [5, 5.41) is 20.5. The average molecular weight is 993 g/mol. The van der Waals surface area contributed by atoms with Crippen LogP contribution in [0.1, 0.15) is 99.9 Å². The molecule has 0 radical (unpaired) electrons. The molecule has 2 saturated heterocycles. The molecule has 72 heavy (non-hydrogen) atoms. The number of carbonyl (C=O) groups is 7. The highest BCUT2D eigenvalue weighted by molar-refractivity contribution is 6.32. The van der Waals surface area contributed by atoms with Crippen LogP contribution in [0, 0.1) is 18.3 Å². The van der Waals surface area contributed by atoms with Crippen LogP contribution in [0.15, 0.2) is 103 Å². The largest absolute Gasteiger partial charge is 0.488 e. The van der Waals surface area contributed by atoms with E-state index in [1.54, 1.807) is 18.2 Å². The number of carbonyl (C=O) groups excluding carboxylic acids is 7. The quantitative estimate of drug-likeness (QED) is 0.0482. The van der Waals surface area contributed by atoms with Gasteiger partial charge in [0.25, 0.3) is 11.8 Å². The van der Waals surface area contributed by atoms with Gasteiger partial charge in [-0.3, -0.25) is 48.7 Å². The molecular formula is C55H54ClN7O9. The van der Waals surface area contributed by atoms with Gasteiger partial charge in [0, 0.05) is 50.5 Å². The van der Waals surface area contributed by atoms with E-state index in [9.17, 15) is 38.8 Å². The number of hydrogen-bond acceptors (Lipinski definition) is 11. The van der Waals surface area contributed by atoms with E-state index in [-0.39, 0.29) is 74.1 Å². The van der Waals surface area contributed by atoms with Crippen molar-refractivity contribution < 1.29 is 43.0 Å². The zero-order valence-corrected chi connectivity index (χ0v) is 40.5.